The lowest BCUT2D eigenvalue weighted by atomic mass is 10.2. The van der Waals surface area contributed by atoms with Crippen molar-refractivity contribution in [1.82, 2.24) is 10.0 Å². The van der Waals surface area contributed by atoms with Gasteiger partial charge in [-0.05, 0) is 75.2 Å². The van der Waals surface area contributed by atoms with E-state index in [0.29, 0.717) is 26.4 Å². The zero-order valence-corrected chi connectivity index (χ0v) is 20.7. The van der Waals surface area contributed by atoms with Crippen LogP contribution in [0.1, 0.15) is 38.8 Å². The molecule has 0 aromatic heterocycles. The van der Waals surface area contributed by atoms with Gasteiger partial charge in [0.2, 0.25) is 0 Å². The van der Waals surface area contributed by atoms with Crippen molar-refractivity contribution in [2.45, 2.75) is 27.7 Å². The van der Waals surface area contributed by atoms with Gasteiger partial charge in [0.15, 0.2) is 23.0 Å². The van der Waals surface area contributed by atoms with E-state index in [4.69, 9.17) is 18.9 Å². The van der Waals surface area contributed by atoms with Crippen LogP contribution in [-0.2, 0) is 0 Å². The van der Waals surface area contributed by atoms with E-state index in [1.807, 2.05) is 76.5 Å². The number of ether oxygens (including phenoxy) is 4. The van der Waals surface area contributed by atoms with Crippen molar-refractivity contribution < 1.29 is 18.9 Å². The Balaban J connectivity index is 1.54. The highest BCUT2D eigenvalue weighted by atomic mass is 16.5. The fraction of sp³-hybridized carbons (Fsp3) is 0.462. The average Bonchev–Trinajstić information content (AvgIpc) is 2.85. The Kier molecular flexibility index (Phi) is 9.88. The fourth-order valence-corrected chi connectivity index (χ4v) is 3.51. The minimum absolute atomic E-state index is 0.590. The van der Waals surface area contributed by atoms with Crippen LogP contribution in [-0.4, -0.2) is 75.1 Å². The van der Waals surface area contributed by atoms with Gasteiger partial charge in [-0.3, -0.25) is 10.0 Å². The minimum atomic E-state index is 0.590. The predicted octanol–water partition coefficient (Wildman–Crippen LogP) is 4.27. The Hall–Kier alpha value is -3.42. The number of benzene rings is 2. The van der Waals surface area contributed by atoms with Crippen LogP contribution in [0, 0.1) is 0 Å². The number of rotatable bonds is 12. The number of piperazine rings is 1. The number of nitrogens with zero attached hydrogens (tertiary/aromatic N) is 4. The summed E-state index contributed by atoms with van der Waals surface area (Å²) in [4.78, 5) is 0. The summed E-state index contributed by atoms with van der Waals surface area (Å²) >= 11 is 0. The first-order valence-electron chi connectivity index (χ1n) is 12.0. The van der Waals surface area contributed by atoms with Crippen LogP contribution in [0.4, 0.5) is 0 Å². The van der Waals surface area contributed by atoms with Gasteiger partial charge < -0.3 is 18.9 Å². The topological polar surface area (TPSA) is 68.1 Å². The number of hydrogen-bond acceptors (Lipinski definition) is 8. The van der Waals surface area contributed by atoms with E-state index in [1.165, 1.54) is 0 Å². The van der Waals surface area contributed by atoms with Crippen LogP contribution in [0.5, 0.6) is 23.0 Å². The van der Waals surface area contributed by atoms with Crippen molar-refractivity contribution in [2.75, 3.05) is 52.6 Å². The molecule has 2 aromatic rings. The maximum Gasteiger partial charge on any atom is 0.161 e. The second-order valence-electron chi connectivity index (χ2n) is 7.54. The number of hydrogen-bond donors (Lipinski definition) is 0. The first-order chi connectivity index (χ1) is 16.7. The lowest BCUT2D eigenvalue weighted by molar-refractivity contribution is 0.141. The fourth-order valence-electron chi connectivity index (χ4n) is 3.51. The Morgan fingerprint density at radius 1 is 0.588 bits per heavy atom. The third kappa shape index (κ3) is 7.30. The molecule has 0 aliphatic carbocycles. The lowest BCUT2D eigenvalue weighted by Gasteiger charge is -2.31. The molecule has 0 bridgehead atoms. The molecule has 0 N–H and O–H groups in total. The molecule has 1 aliphatic rings. The first kappa shape index (κ1) is 25.2. The van der Waals surface area contributed by atoms with E-state index in [9.17, 15) is 0 Å². The van der Waals surface area contributed by atoms with Crippen LogP contribution < -0.4 is 18.9 Å². The second kappa shape index (κ2) is 13.3. The van der Waals surface area contributed by atoms with Crippen molar-refractivity contribution in [3.05, 3.63) is 47.5 Å². The Bertz CT molecular complexity index is 878. The quantitative estimate of drug-likeness (QED) is 0.434. The molecule has 8 nitrogen and oxygen atoms in total. The summed E-state index contributed by atoms with van der Waals surface area (Å²) in [6, 6.07) is 11.8. The molecular weight excluding hydrogens is 432 g/mol. The molecule has 8 heteroatoms. The molecule has 0 amide bonds. The van der Waals surface area contributed by atoms with Crippen LogP contribution >= 0.6 is 0 Å². The SMILES string of the molecule is CCOc1ccc(C=NN2CCN(N=Cc3ccc(OCC)c(OCC)c3)CC2)cc1OCC. The van der Waals surface area contributed by atoms with Gasteiger partial charge in [-0.25, -0.2) is 0 Å². The normalized spacial score (nSPS) is 14.1. The third-order valence-corrected chi connectivity index (χ3v) is 5.11. The zero-order chi connectivity index (χ0) is 24.2. The van der Waals surface area contributed by atoms with E-state index in [1.54, 1.807) is 0 Å². The molecule has 3 rings (SSSR count). The van der Waals surface area contributed by atoms with Gasteiger partial charge in [0, 0.05) is 0 Å². The maximum absolute atomic E-state index is 5.70. The summed E-state index contributed by atoms with van der Waals surface area (Å²) in [6.45, 7) is 13.5. The molecule has 2 aromatic carbocycles. The Morgan fingerprint density at radius 2 is 0.941 bits per heavy atom. The molecular formula is C26H36N4O4. The van der Waals surface area contributed by atoms with E-state index < -0.39 is 0 Å². The molecule has 1 saturated heterocycles. The summed E-state index contributed by atoms with van der Waals surface area (Å²) in [5, 5.41) is 13.4. The summed E-state index contributed by atoms with van der Waals surface area (Å²) in [6.07, 6.45) is 3.73. The molecule has 0 radical (unpaired) electrons. The first-order valence-corrected chi connectivity index (χ1v) is 12.0. The van der Waals surface area contributed by atoms with Crippen molar-refractivity contribution in [2.24, 2.45) is 10.2 Å². The molecule has 1 aliphatic heterocycles. The van der Waals surface area contributed by atoms with E-state index >= 15 is 0 Å². The van der Waals surface area contributed by atoms with Gasteiger partial charge in [-0.15, -0.1) is 0 Å². The summed E-state index contributed by atoms with van der Waals surface area (Å²) < 4.78 is 22.7. The summed E-state index contributed by atoms with van der Waals surface area (Å²) in [5.41, 5.74) is 1.96. The Morgan fingerprint density at radius 3 is 1.29 bits per heavy atom. The molecule has 0 atom stereocenters. The minimum Gasteiger partial charge on any atom is -0.490 e. The van der Waals surface area contributed by atoms with Gasteiger partial charge in [0.05, 0.1) is 65.0 Å². The predicted molar refractivity (Wildman–Crippen MR) is 136 cm³/mol. The zero-order valence-electron chi connectivity index (χ0n) is 20.7. The molecule has 1 fully saturated rings. The molecule has 1 heterocycles. The van der Waals surface area contributed by atoms with Crippen LogP contribution in [0.2, 0.25) is 0 Å². The van der Waals surface area contributed by atoms with Gasteiger partial charge >= 0.3 is 0 Å². The third-order valence-electron chi connectivity index (χ3n) is 5.11. The summed E-state index contributed by atoms with van der Waals surface area (Å²) in [7, 11) is 0. The Labute approximate surface area is 202 Å². The van der Waals surface area contributed by atoms with Crippen LogP contribution in [0.25, 0.3) is 0 Å². The molecule has 0 spiro atoms. The maximum atomic E-state index is 5.70. The molecule has 0 saturated carbocycles. The van der Waals surface area contributed by atoms with Gasteiger partial charge in [-0.2, -0.15) is 10.2 Å². The smallest absolute Gasteiger partial charge is 0.161 e. The standard InChI is InChI=1S/C26H36N4O4/c1-5-31-23-11-9-21(17-25(23)33-7-3)19-27-29-13-15-30(16-14-29)28-20-22-10-12-24(32-6-2)26(18-22)34-8-4/h9-12,17-20H,5-8,13-16H2,1-4H3. The average molecular weight is 469 g/mol. The highest BCUT2D eigenvalue weighted by Gasteiger charge is 2.14. The largest absolute Gasteiger partial charge is 0.490 e. The van der Waals surface area contributed by atoms with Gasteiger partial charge in [0.1, 0.15) is 0 Å². The van der Waals surface area contributed by atoms with Gasteiger partial charge in [0.25, 0.3) is 0 Å². The second-order valence-corrected chi connectivity index (χ2v) is 7.54. The highest BCUT2D eigenvalue weighted by molar-refractivity contribution is 5.81. The van der Waals surface area contributed by atoms with Crippen molar-refractivity contribution in [3.63, 3.8) is 0 Å². The number of hydrazone groups is 2. The van der Waals surface area contributed by atoms with Crippen LogP contribution in [0.15, 0.2) is 46.6 Å². The lowest BCUT2D eigenvalue weighted by Crippen LogP contribution is -2.41. The van der Waals surface area contributed by atoms with Crippen molar-refractivity contribution in [1.29, 1.82) is 0 Å². The monoisotopic (exact) mass is 468 g/mol. The highest BCUT2D eigenvalue weighted by Crippen LogP contribution is 2.29. The molecule has 0 unspecified atom stereocenters. The van der Waals surface area contributed by atoms with Crippen molar-refractivity contribution >= 4 is 12.4 Å². The summed E-state index contributed by atoms with van der Waals surface area (Å²) in [5.74, 6) is 3.01. The molecule has 34 heavy (non-hydrogen) atoms. The molecule has 184 valence electrons. The van der Waals surface area contributed by atoms with Crippen LogP contribution in [0.3, 0.4) is 0 Å². The van der Waals surface area contributed by atoms with E-state index in [-0.39, 0.29) is 0 Å². The van der Waals surface area contributed by atoms with E-state index in [2.05, 4.69) is 20.2 Å². The van der Waals surface area contributed by atoms with E-state index in [0.717, 1.165) is 60.3 Å². The van der Waals surface area contributed by atoms with Gasteiger partial charge in [-0.1, -0.05) is 0 Å². The van der Waals surface area contributed by atoms with Crippen molar-refractivity contribution in [3.8, 4) is 23.0 Å².